The van der Waals surface area contributed by atoms with Gasteiger partial charge in [-0.1, -0.05) is 36.4 Å². The minimum Gasteiger partial charge on any atom is -0.489 e. The smallest absolute Gasteiger partial charge is 0.413 e. The minimum absolute atomic E-state index is 0.230. The first-order chi connectivity index (χ1) is 12.5. The van der Waals surface area contributed by atoms with E-state index in [0.29, 0.717) is 12.4 Å². The average molecular weight is 357 g/mol. The van der Waals surface area contributed by atoms with Crippen LogP contribution in [0.2, 0.25) is 0 Å². The Morgan fingerprint density at radius 1 is 1.04 bits per heavy atom. The Hall–Kier alpha value is -3.35. The monoisotopic (exact) mass is 357 g/mol. The lowest BCUT2D eigenvalue weighted by atomic mass is 10.2. The molecule has 7 nitrogen and oxygen atoms in total. The molecule has 0 aliphatic carbocycles. The summed E-state index contributed by atoms with van der Waals surface area (Å²) in [5.41, 5.74) is 1.22. The number of imide groups is 1. The highest BCUT2D eigenvalue weighted by molar-refractivity contribution is 5.97. The molecule has 0 bridgehead atoms. The number of carbonyl (C=O) groups is 3. The molecule has 0 radical (unpaired) electrons. The Morgan fingerprint density at radius 2 is 1.77 bits per heavy atom. The van der Waals surface area contributed by atoms with E-state index in [0.717, 1.165) is 12.7 Å². The maximum atomic E-state index is 12.2. The molecule has 1 N–H and O–H groups in total. The van der Waals surface area contributed by atoms with Gasteiger partial charge < -0.3 is 14.2 Å². The second-order valence-corrected chi connectivity index (χ2v) is 5.33. The van der Waals surface area contributed by atoms with Crippen LogP contribution in [0, 0.1) is 0 Å². The lowest BCUT2D eigenvalue weighted by Gasteiger charge is -2.13. The zero-order valence-electron chi connectivity index (χ0n) is 14.4. The van der Waals surface area contributed by atoms with Crippen LogP contribution in [0.4, 0.5) is 4.79 Å². The fourth-order valence-corrected chi connectivity index (χ4v) is 1.99. The number of amides is 2. The van der Waals surface area contributed by atoms with Gasteiger partial charge >= 0.3 is 12.1 Å². The summed E-state index contributed by atoms with van der Waals surface area (Å²) in [5, 5.41) is 1.93. The molecule has 2 rings (SSSR count). The van der Waals surface area contributed by atoms with Crippen LogP contribution in [-0.4, -0.2) is 31.2 Å². The zero-order chi connectivity index (χ0) is 18.9. The first kappa shape index (κ1) is 19.0. The summed E-state index contributed by atoms with van der Waals surface area (Å²) >= 11 is 0. The molecular weight excluding hydrogens is 338 g/mol. The predicted molar refractivity (Wildman–Crippen MR) is 92.6 cm³/mol. The van der Waals surface area contributed by atoms with Crippen molar-refractivity contribution < 1.29 is 28.6 Å². The normalized spacial score (nSPS) is 11.2. The summed E-state index contributed by atoms with van der Waals surface area (Å²) in [6.07, 6.45) is -2.08. The van der Waals surface area contributed by atoms with Gasteiger partial charge in [-0.2, -0.15) is 0 Å². The van der Waals surface area contributed by atoms with E-state index >= 15 is 0 Å². The minimum atomic E-state index is -1.16. The summed E-state index contributed by atoms with van der Waals surface area (Å²) in [6.45, 7) is 1.71. The second-order valence-electron chi connectivity index (χ2n) is 5.33. The largest absolute Gasteiger partial charge is 0.489 e. The molecule has 0 spiro atoms. The van der Waals surface area contributed by atoms with Gasteiger partial charge in [-0.05, 0) is 30.7 Å². The Morgan fingerprint density at radius 3 is 2.46 bits per heavy atom. The van der Waals surface area contributed by atoms with Crippen LogP contribution in [0.25, 0.3) is 0 Å². The van der Waals surface area contributed by atoms with Gasteiger partial charge in [0, 0.05) is 0 Å². The standard InChI is InChI=1S/C19H19NO6/c1-13(17(21)20-19(23)24-2)26-18(22)15-9-6-10-16(11-15)25-12-14-7-4-3-5-8-14/h3-11,13H,12H2,1-2H3,(H,20,21,23)/t13-/m1/s1. The third-order valence-corrected chi connectivity index (χ3v) is 3.38. The molecule has 0 aliphatic rings. The van der Waals surface area contributed by atoms with Gasteiger partial charge in [0.05, 0.1) is 12.7 Å². The van der Waals surface area contributed by atoms with Crippen molar-refractivity contribution in [2.75, 3.05) is 7.11 Å². The Kier molecular flexibility index (Phi) is 6.73. The predicted octanol–water partition coefficient (Wildman–Crippen LogP) is 2.69. The van der Waals surface area contributed by atoms with E-state index in [2.05, 4.69) is 4.74 Å². The van der Waals surface area contributed by atoms with Crippen molar-refractivity contribution in [2.45, 2.75) is 19.6 Å². The van der Waals surface area contributed by atoms with Crippen LogP contribution in [0.1, 0.15) is 22.8 Å². The van der Waals surface area contributed by atoms with Gasteiger partial charge in [-0.3, -0.25) is 10.1 Å². The van der Waals surface area contributed by atoms with E-state index < -0.39 is 24.1 Å². The van der Waals surface area contributed by atoms with E-state index in [4.69, 9.17) is 9.47 Å². The molecule has 1 atom stereocenters. The number of rotatable bonds is 6. The number of benzene rings is 2. The van der Waals surface area contributed by atoms with E-state index in [-0.39, 0.29) is 5.56 Å². The molecular formula is C19H19NO6. The second kappa shape index (κ2) is 9.22. The van der Waals surface area contributed by atoms with Gasteiger partial charge in [-0.25, -0.2) is 9.59 Å². The van der Waals surface area contributed by atoms with Gasteiger partial charge in [0.2, 0.25) is 0 Å². The van der Waals surface area contributed by atoms with Crippen LogP contribution in [-0.2, 0) is 20.9 Å². The molecule has 26 heavy (non-hydrogen) atoms. The number of hydrogen-bond donors (Lipinski definition) is 1. The third-order valence-electron chi connectivity index (χ3n) is 3.38. The fourth-order valence-electron chi connectivity index (χ4n) is 1.99. The Bertz CT molecular complexity index is 775. The van der Waals surface area contributed by atoms with Gasteiger partial charge in [0.15, 0.2) is 6.10 Å². The highest BCUT2D eigenvalue weighted by atomic mass is 16.6. The number of alkyl carbamates (subject to hydrolysis) is 1. The van der Waals surface area contributed by atoms with Crippen LogP contribution in [0.15, 0.2) is 54.6 Å². The highest BCUT2D eigenvalue weighted by Gasteiger charge is 2.21. The molecule has 0 fully saturated rings. The molecule has 0 heterocycles. The first-order valence-corrected chi connectivity index (χ1v) is 7.86. The molecule has 2 aromatic carbocycles. The summed E-state index contributed by atoms with van der Waals surface area (Å²) < 4.78 is 15.0. The quantitative estimate of drug-likeness (QED) is 0.800. The lowest BCUT2D eigenvalue weighted by Crippen LogP contribution is -2.39. The number of carbonyl (C=O) groups excluding carboxylic acids is 3. The maximum absolute atomic E-state index is 12.2. The van der Waals surface area contributed by atoms with E-state index in [9.17, 15) is 14.4 Å². The number of methoxy groups -OCH3 is 1. The van der Waals surface area contributed by atoms with E-state index in [1.807, 2.05) is 35.6 Å². The zero-order valence-corrected chi connectivity index (χ0v) is 14.4. The average Bonchev–Trinajstić information content (AvgIpc) is 2.67. The molecule has 0 saturated heterocycles. The number of hydrogen-bond acceptors (Lipinski definition) is 6. The highest BCUT2D eigenvalue weighted by Crippen LogP contribution is 2.16. The Labute approximate surface area is 150 Å². The van der Waals surface area contributed by atoms with Gasteiger partial charge in [-0.15, -0.1) is 0 Å². The number of nitrogens with one attached hydrogen (secondary N) is 1. The van der Waals surface area contributed by atoms with Crippen molar-refractivity contribution in [1.82, 2.24) is 5.32 Å². The molecule has 0 aliphatic heterocycles. The summed E-state index contributed by atoms with van der Waals surface area (Å²) in [4.78, 5) is 34.9. The van der Waals surface area contributed by atoms with Gasteiger partial charge in [0.1, 0.15) is 12.4 Å². The summed E-state index contributed by atoms with van der Waals surface area (Å²) in [7, 11) is 1.13. The third kappa shape index (κ3) is 5.62. The van der Waals surface area contributed by atoms with Crippen molar-refractivity contribution in [3.8, 4) is 5.75 Å². The lowest BCUT2D eigenvalue weighted by molar-refractivity contribution is -0.128. The molecule has 0 saturated carbocycles. The maximum Gasteiger partial charge on any atom is 0.413 e. The van der Waals surface area contributed by atoms with E-state index in [1.165, 1.54) is 13.0 Å². The van der Waals surface area contributed by atoms with E-state index in [1.54, 1.807) is 18.2 Å². The SMILES string of the molecule is COC(=O)NC(=O)[C@@H](C)OC(=O)c1cccc(OCc2ccccc2)c1. The van der Waals surface area contributed by atoms with Crippen molar-refractivity contribution in [3.63, 3.8) is 0 Å². The van der Waals surface area contributed by atoms with Gasteiger partial charge in [0.25, 0.3) is 5.91 Å². The number of ether oxygens (including phenoxy) is 3. The van der Waals surface area contributed by atoms with Crippen LogP contribution < -0.4 is 10.1 Å². The van der Waals surface area contributed by atoms with Crippen molar-refractivity contribution >= 4 is 18.0 Å². The van der Waals surface area contributed by atoms with Crippen LogP contribution in [0.3, 0.4) is 0 Å². The Balaban J connectivity index is 1.94. The van der Waals surface area contributed by atoms with Crippen LogP contribution in [0.5, 0.6) is 5.75 Å². The van der Waals surface area contributed by atoms with Crippen molar-refractivity contribution in [3.05, 3.63) is 65.7 Å². The number of esters is 1. The molecule has 0 aromatic heterocycles. The molecule has 2 aromatic rings. The first-order valence-electron chi connectivity index (χ1n) is 7.86. The fraction of sp³-hybridized carbons (Fsp3) is 0.211. The summed E-state index contributed by atoms with van der Waals surface area (Å²) in [5.74, 6) is -0.987. The summed E-state index contributed by atoms with van der Waals surface area (Å²) in [6, 6.07) is 16.0. The molecule has 136 valence electrons. The topological polar surface area (TPSA) is 90.9 Å². The molecule has 2 amide bonds. The van der Waals surface area contributed by atoms with Crippen molar-refractivity contribution in [2.24, 2.45) is 0 Å². The molecule has 7 heteroatoms. The van der Waals surface area contributed by atoms with Crippen LogP contribution >= 0.6 is 0 Å². The molecule has 0 unspecified atom stereocenters. The van der Waals surface area contributed by atoms with Crippen molar-refractivity contribution in [1.29, 1.82) is 0 Å².